The molecule has 0 aliphatic rings. The van der Waals surface area contributed by atoms with Crippen molar-refractivity contribution in [2.45, 2.75) is 32.4 Å². The normalized spacial score (nSPS) is 11.4. The first-order valence-corrected chi connectivity index (χ1v) is 4.80. The molecule has 2 N–H and O–H groups in total. The average molecular weight is 212 g/mol. The molecule has 0 atom stereocenters. The monoisotopic (exact) mass is 212 g/mol. The second-order valence-corrected chi connectivity index (χ2v) is 4.01. The van der Waals surface area contributed by atoms with Crippen LogP contribution >= 0.6 is 0 Å². The van der Waals surface area contributed by atoms with E-state index in [0.717, 1.165) is 0 Å². The zero-order valence-electron chi connectivity index (χ0n) is 8.97. The molecule has 1 heterocycles. The number of amides is 1. The molecule has 15 heavy (non-hydrogen) atoms. The molecule has 0 aliphatic heterocycles. The second-order valence-electron chi connectivity index (χ2n) is 4.01. The third-order valence-electron chi connectivity index (χ3n) is 1.76. The van der Waals surface area contributed by atoms with Crippen molar-refractivity contribution in [1.82, 2.24) is 20.3 Å². The van der Waals surface area contributed by atoms with Crippen LogP contribution in [0.4, 0.5) is 0 Å². The lowest BCUT2D eigenvalue weighted by atomic mass is 10.1. The molecule has 0 saturated carbocycles. The van der Waals surface area contributed by atoms with Gasteiger partial charge >= 0.3 is 0 Å². The van der Waals surface area contributed by atoms with Crippen LogP contribution in [0, 0.1) is 0 Å². The molecule has 84 valence electrons. The minimum atomic E-state index is -0.872. The van der Waals surface area contributed by atoms with Gasteiger partial charge in [0.05, 0.1) is 18.3 Å². The summed E-state index contributed by atoms with van der Waals surface area (Å²) in [6.07, 6.45) is 3.59. The number of aryl methyl sites for hydroxylation is 1. The van der Waals surface area contributed by atoms with Gasteiger partial charge in [0.1, 0.15) is 0 Å². The molecule has 0 unspecified atom stereocenters. The van der Waals surface area contributed by atoms with Gasteiger partial charge in [-0.3, -0.25) is 9.48 Å². The zero-order chi connectivity index (χ0) is 11.3. The van der Waals surface area contributed by atoms with Crippen molar-refractivity contribution in [2.75, 3.05) is 6.54 Å². The van der Waals surface area contributed by atoms with Gasteiger partial charge in [0.15, 0.2) is 0 Å². The van der Waals surface area contributed by atoms with Crippen molar-refractivity contribution in [3.8, 4) is 0 Å². The molecule has 0 radical (unpaired) electrons. The van der Waals surface area contributed by atoms with E-state index in [9.17, 15) is 9.90 Å². The van der Waals surface area contributed by atoms with Crippen LogP contribution in [-0.4, -0.2) is 38.2 Å². The van der Waals surface area contributed by atoms with Gasteiger partial charge in [-0.05, 0) is 13.8 Å². The molecule has 1 aromatic rings. The molecule has 1 amide bonds. The Morgan fingerprint density at radius 3 is 2.87 bits per heavy atom. The molecular weight excluding hydrogens is 196 g/mol. The van der Waals surface area contributed by atoms with Crippen molar-refractivity contribution >= 4 is 5.91 Å². The first-order valence-electron chi connectivity index (χ1n) is 4.80. The Kier molecular flexibility index (Phi) is 3.79. The summed E-state index contributed by atoms with van der Waals surface area (Å²) in [5.74, 6) is -0.104. The third-order valence-corrected chi connectivity index (χ3v) is 1.76. The average Bonchev–Trinajstić information content (AvgIpc) is 2.62. The summed E-state index contributed by atoms with van der Waals surface area (Å²) in [4.78, 5) is 11.3. The highest BCUT2D eigenvalue weighted by Gasteiger charge is 2.13. The molecule has 6 heteroatoms. The fraction of sp³-hybridized carbons (Fsp3) is 0.667. The number of carbonyl (C=O) groups excluding carboxylic acids is 1. The number of nitrogens with zero attached hydrogens (tertiary/aromatic N) is 3. The van der Waals surface area contributed by atoms with E-state index < -0.39 is 5.60 Å². The summed E-state index contributed by atoms with van der Waals surface area (Å²) >= 11 is 0. The summed E-state index contributed by atoms with van der Waals surface area (Å²) in [6, 6.07) is 0. The van der Waals surface area contributed by atoms with Gasteiger partial charge in [-0.2, -0.15) is 0 Å². The Balaban J connectivity index is 2.20. The van der Waals surface area contributed by atoms with E-state index in [1.54, 1.807) is 30.9 Å². The maximum Gasteiger partial charge on any atom is 0.221 e. The maximum atomic E-state index is 11.3. The van der Waals surface area contributed by atoms with E-state index >= 15 is 0 Å². The smallest absolute Gasteiger partial charge is 0.221 e. The Morgan fingerprint density at radius 1 is 1.60 bits per heavy atom. The summed E-state index contributed by atoms with van der Waals surface area (Å²) in [7, 11) is 0. The molecular formula is C9H16N4O2. The molecule has 0 bridgehead atoms. The molecule has 0 aliphatic carbocycles. The van der Waals surface area contributed by atoms with Crippen LogP contribution in [0.1, 0.15) is 20.3 Å². The van der Waals surface area contributed by atoms with Crippen molar-refractivity contribution in [3.05, 3.63) is 12.4 Å². The molecule has 0 fully saturated rings. The lowest BCUT2D eigenvalue weighted by molar-refractivity contribution is -0.122. The maximum absolute atomic E-state index is 11.3. The predicted octanol–water partition coefficient (Wildman–Crippen LogP) is -0.445. The van der Waals surface area contributed by atoms with E-state index in [1.165, 1.54) is 0 Å². The molecule has 6 nitrogen and oxygen atoms in total. The van der Waals surface area contributed by atoms with Crippen molar-refractivity contribution < 1.29 is 9.90 Å². The van der Waals surface area contributed by atoms with Crippen LogP contribution in [0.25, 0.3) is 0 Å². The van der Waals surface area contributed by atoms with Crippen molar-refractivity contribution in [3.63, 3.8) is 0 Å². The molecule has 0 saturated heterocycles. The second kappa shape index (κ2) is 4.88. The van der Waals surface area contributed by atoms with E-state index in [-0.39, 0.29) is 12.5 Å². The number of hydrogen-bond donors (Lipinski definition) is 2. The standard InChI is InChI=1S/C9H16N4O2/c1-9(2,15)7-10-8(14)3-5-13-6-4-11-12-13/h4,6,15H,3,5,7H2,1-2H3,(H,10,14). The fourth-order valence-corrected chi connectivity index (χ4v) is 0.971. The van der Waals surface area contributed by atoms with Gasteiger partial charge in [0, 0.05) is 19.2 Å². The molecule has 0 aromatic carbocycles. The van der Waals surface area contributed by atoms with E-state index in [2.05, 4.69) is 15.6 Å². The predicted molar refractivity (Wildman–Crippen MR) is 53.9 cm³/mol. The first kappa shape index (κ1) is 11.6. The largest absolute Gasteiger partial charge is 0.389 e. The molecule has 0 spiro atoms. The number of aliphatic hydroxyl groups is 1. The van der Waals surface area contributed by atoms with Crippen LogP contribution in [0.5, 0.6) is 0 Å². The highest BCUT2D eigenvalue weighted by Crippen LogP contribution is 1.97. The van der Waals surface area contributed by atoms with E-state index in [0.29, 0.717) is 13.0 Å². The highest BCUT2D eigenvalue weighted by molar-refractivity contribution is 5.75. The van der Waals surface area contributed by atoms with Gasteiger partial charge in [-0.15, -0.1) is 5.10 Å². The number of aromatic nitrogens is 3. The van der Waals surface area contributed by atoms with Crippen LogP contribution in [-0.2, 0) is 11.3 Å². The lowest BCUT2D eigenvalue weighted by Crippen LogP contribution is -2.38. The molecule has 1 rings (SSSR count). The quantitative estimate of drug-likeness (QED) is 0.693. The summed E-state index contributed by atoms with van der Waals surface area (Å²) < 4.78 is 1.59. The van der Waals surface area contributed by atoms with Crippen LogP contribution < -0.4 is 5.32 Å². The third kappa shape index (κ3) is 5.11. The van der Waals surface area contributed by atoms with Gasteiger partial charge in [-0.25, -0.2) is 0 Å². The number of nitrogens with one attached hydrogen (secondary N) is 1. The Hall–Kier alpha value is -1.43. The minimum Gasteiger partial charge on any atom is -0.389 e. The van der Waals surface area contributed by atoms with Gasteiger partial charge in [0.2, 0.25) is 5.91 Å². The lowest BCUT2D eigenvalue weighted by Gasteiger charge is -2.17. The van der Waals surface area contributed by atoms with Crippen LogP contribution in [0.15, 0.2) is 12.4 Å². The van der Waals surface area contributed by atoms with E-state index in [4.69, 9.17) is 0 Å². The van der Waals surface area contributed by atoms with Gasteiger partial charge < -0.3 is 10.4 Å². The summed E-state index contributed by atoms with van der Waals surface area (Å²) in [6.45, 7) is 4.04. The van der Waals surface area contributed by atoms with Gasteiger partial charge in [-0.1, -0.05) is 5.21 Å². The number of carbonyl (C=O) groups is 1. The number of hydrogen-bond acceptors (Lipinski definition) is 4. The number of rotatable bonds is 5. The SMILES string of the molecule is CC(C)(O)CNC(=O)CCn1ccnn1. The van der Waals surface area contributed by atoms with Gasteiger partial charge in [0.25, 0.3) is 0 Å². The Morgan fingerprint density at radius 2 is 2.33 bits per heavy atom. The van der Waals surface area contributed by atoms with E-state index in [1.807, 2.05) is 0 Å². The zero-order valence-corrected chi connectivity index (χ0v) is 8.97. The first-order chi connectivity index (χ1) is 6.97. The summed E-state index contributed by atoms with van der Waals surface area (Å²) in [5, 5.41) is 19.4. The highest BCUT2D eigenvalue weighted by atomic mass is 16.3. The van der Waals surface area contributed by atoms with Crippen molar-refractivity contribution in [1.29, 1.82) is 0 Å². The summed E-state index contributed by atoms with van der Waals surface area (Å²) in [5.41, 5.74) is -0.872. The Bertz CT molecular complexity index is 302. The fourth-order valence-electron chi connectivity index (χ4n) is 0.971. The topological polar surface area (TPSA) is 80.0 Å². The van der Waals surface area contributed by atoms with Crippen LogP contribution in [0.2, 0.25) is 0 Å². The Labute approximate surface area is 88.3 Å². The minimum absolute atomic E-state index is 0.104. The molecule has 1 aromatic heterocycles. The van der Waals surface area contributed by atoms with Crippen molar-refractivity contribution in [2.24, 2.45) is 0 Å². The van der Waals surface area contributed by atoms with Crippen LogP contribution in [0.3, 0.4) is 0 Å².